The van der Waals surface area contributed by atoms with Gasteiger partial charge in [-0.15, -0.1) is 5.10 Å². The summed E-state index contributed by atoms with van der Waals surface area (Å²) in [7, 11) is -3.46. The minimum absolute atomic E-state index is 0.128. The van der Waals surface area contributed by atoms with E-state index >= 15 is 0 Å². The highest BCUT2D eigenvalue weighted by molar-refractivity contribution is 7.90. The molecule has 2 heterocycles. The molecule has 0 fully saturated rings. The fourth-order valence-electron chi connectivity index (χ4n) is 4.25. The highest BCUT2D eigenvalue weighted by atomic mass is 35.5. The van der Waals surface area contributed by atoms with Gasteiger partial charge in [0.1, 0.15) is 5.82 Å². The van der Waals surface area contributed by atoms with E-state index in [0.717, 1.165) is 18.0 Å². The molecule has 0 radical (unpaired) electrons. The number of sulfone groups is 1. The lowest BCUT2D eigenvalue weighted by Crippen LogP contribution is -2.09. The van der Waals surface area contributed by atoms with Crippen molar-refractivity contribution in [1.82, 2.24) is 24.5 Å². The summed E-state index contributed by atoms with van der Waals surface area (Å²) in [6.45, 7) is 1.48. The number of hydrogen-bond donors (Lipinski definition) is 0. The largest absolute Gasteiger partial charge is 0.434 e. The maximum absolute atomic E-state index is 13.5. The Morgan fingerprint density at radius 1 is 0.949 bits per heavy atom. The Morgan fingerprint density at radius 3 is 2.38 bits per heavy atom. The van der Waals surface area contributed by atoms with Crippen LogP contribution < -0.4 is 0 Å². The molecule has 0 N–H and O–H groups in total. The van der Waals surface area contributed by atoms with Gasteiger partial charge in [0.05, 0.1) is 28.2 Å². The lowest BCUT2D eigenvalue weighted by molar-refractivity contribution is -0.141. The van der Waals surface area contributed by atoms with Gasteiger partial charge in [0.25, 0.3) is 0 Å². The Hall–Kier alpha value is -3.96. The maximum Gasteiger partial charge on any atom is 0.434 e. The van der Waals surface area contributed by atoms with E-state index in [-0.39, 0.29) is 10.7 Å². The smallest absolute Gasteiger partial charge is 0.301 e. The zero-order valence-corrected chi connectivity index (χ0v) is 22.3. The molecule has 0 aliphatic rings. The molecular formula is C27H21ClF3N5O2S. The molecule has 3 aromatic carbocycles. The van der Waals surface area contributed by atoms with Crippen molar-refractivity contribution in [3.8, 4) is 22.5 Å². The Bertz CT molecular complexity index is 1800. The summed E-state index contributed by atoms with van der Waals surface area (Å²) in [5.41, 5.74) is 2.48. The molecule has 0 aliphatic carbocycles. The molecule has 2 aromatic heterocycles. The van der Waals surface area contributed by atoms with Crippen molar-refractivity contribution in [1.29, 1.82) is 0 Å². The number of aryl methyl sites for hydroxylation is 1. The predicted octanol–water partition coefficient (Wildman–Crippen LogP) is 6.09. The van der Waals surface area contributed by atoms with Gasteiger partial charge in [-0.2, -0.15) is 13.2 Å². The standard InChI is InChI=1S/C27H21ClF3N5O2S/c1-17-33-26(27(29,30)31)16-35(17)24-11-10-19(18-7-5-8-22(13-18)39(2,37)38)14-25(24)36-21(15-32-34-36)12-20-6-3-4-9-23(20)28/h3-11,13-16H,12H2,1-2H3. The highest BCUT2D eigenvalue weighted by Gasteiger charge is 2.34. The van der Waals surface area contributed by atoms with E-state index in [2.05, 4.69) is 15.3 Å². The molecule has 7 nitrogen and oxygen atoms in total. The third kappa shape index (κ3) is 5.45. The zero-order valence-electron chi connectivity index (χ0n) is 20.7. The van der Waals surface area contributed by atoms with E-state index in [4.69, 9.17) is 11.6 Å². The summed E-state index contributed by atoms with van der Waals surface area (Å²) < 4.78 is 67.6. The second kappa shape index (κ2) is 9.97. The summed E-state index contributed by atoms with van der Waals surface area (Å²) in [5, 5.41) is 8.86. The van der Waals surface area contributed by atoms with E-state index in [9.17, 15) is 21.6 Å². The molecule has 0 spiro atoms. The average molecular weight is 572 g/mol. The first-order chi connectivity index (χ1) is 18.4. The van der Waals surface area contributed by atoms with Crippen molar-refractivity contribution in [3.63, 3.8) is 0 Å². The van der Waals surface area contributed by atoms with Gasteiger partial charge < -0.3 is 4.57 Å². The van der Waals surface area contributed by atoms with Gasteiger partial charge in [-0.25, -0.2) is 18.1 Å². The number of nitrogens with zero attached hydrogens (tertiary/aromatic N) is 5. The number of benzene rings is 3. The number of rotatable bonds is 6. The van der Waals surface area contributed by atoms with E-state index in [1.165, 1.54) is 22.2 Å². The van der Waals surface area contributed by atoms with Crippen molar-refractivity contribution in [2.75, 3.05) is 6.26 Å². The third-order valence-corrected chi connectivity index (χ3v) is 7.66. The first kappa shape index (κ1) is 26.6. The molecule has 200 valence electrons. The van der Waals surface area contributed by atoms with Gasteiger partial charge >= 0.3 is 6.18 Å². The van der Waals surface area contributed by atoms with E-state index in [0.29, 0.717) is 39.6 Å². The van der Waals surface area contributed by atoms with Crippen LogP contribution in [0.5, 0.6) is 0 Å². The van der Waals surface area contributed by atoms with Crippen molar-refractivity contribution < 1.29 is 21.6 Å². The van der Waals surface area contributed by atoms with Crippen LogP contribution in [0.3, 0.4) is 0 Å². The van der Waals surface area contributed by atoms with E-state index in [1.807, 2.05) is 18.2 Å². The van der Waals surface area contributed by atoms with Crippen LogP contribution in [0.4, 0.5) is 13.2 Å². The summed E-state index contributed by atoms with van der Waals surface area (Å²) in [6.07, 6.45) is -0.646. The molecule has 0 aliphatic heterocycles. The second-order valence-corrected chi connectivity index (χ2v) is 11.4. The number of imidazole rings is 1. The first-order valence-corrected chi connectivity index (χ1v) is 13.9. The Kier molecular flexibility index (Phi) is 6.81. The van der Waals surface area contributed by atoms with Crippen LogP contribution >= 0.6 is 11.6 Å². The first-order valence-electron chi connectivity index (χ1n) is 11.6. The SMILES string of the molecule is Cc1nc(C(F)(F)F)cn1-c1ccc(-c2cccc(S(C)(=O)=O)c2)cc1-n1nncc1Cc1ccccc1Cl. The number of hydrogen-bond acceptors (Lipinski definition) is 5. The predicted molar refractivity (Wildman–Crippen MR) is 141 cm³/mol. The fraction of sp³-hybridized carbons (Fsp3) is 0.148. The van der Waals surface area contributed by atoms with Gasteiger partial charge in [-0.05, 0) is 53.9 Å². The van der Waals surface area contributed by atoms with Crippen molar-refractivity contribution in [3.05, 3.63) is 107 Å². The van der Waals surface area contributed by atoms with Crippen molar-refractivity contribution in [2.45, 2.75) is 24.4 Å². The van der Waals surface area contributed by atoms with Gasteiger partial charge in [-0.1, -0.05) is 53.2 Å². The maximum atomic E-state index is 13.5. The lowest BCUT2D eigenvalue weighted by atomic mass is 10.0. The summed E-state index contributed by atoms with van der Waals surface area (Å²) in [5.74, 6) is 0.128. The van der Waals surface area contributed by atoms with Crippen molar-refractivity contribution in [2.24, 2.45) is 0 Å². The van der Waals surface area contributed by atoms with Crippen LogP contribution in [-0.2, 0) is 22.4 Å². The Labute approximate surface area is 227 Å². The minimum atomic E-state index is -4.62. The number of halogens is 4. The average Bonchev–Trinajstić information content (AvgIpc) is 3.51. The van der Waals surface area contributed by atoms with Gasteiger partial charge in [0.2, 0.25) is 0 Å². The normalized spacial score (nSPS) is 12.2. The highest BCUT2D eigenvalue weighted by Crippen LogP contribution is 2.33. The van der Waals surface area contributed by atoms with Crippen LogP contribution in [-0.4, -0.2) is 39.2 Å². The molecule has 39 heavy (non-hydrogen) atoms. The quantitative estimate of drug-likeness (QED) is 0.246. The van der Waals surface area contributed by atoms with E-state index < -0.39 is 21.7 Å². The molecule has 0 saturated carbocycles. The molecule has 5 rings (SSSR count). The molecular weight excluding hydrogens is 551 g/mol. The number of alkyl halides is 3. The van der Waals surface area contributed by atoms with Gasteiger partial charge in [0.15, 0.2) is 15.5 Å². The molecule has 0 unspecified atom stereocenters. The topological polar surface area (TPSA) is 82.7 Å². The number of aromatic nitrogens is 5. The van der Waals surface area contributed by atoms with Crippen LogP contribution in [0.1, 0.15) is 22.8 Å². The Morgan fingerprint density at radius 2 is 1.69 bits per heavy atom. The van der Waals surface area contributed by atoms with Gasteiger partial charge in [-0.3, -0.25) is 0 Å². The third-order valence-electron chi connectivity index (χ3n) is 6.18. The van der Waals surface area contributed by atoms with Crippen LogP contribution in [0.2, 0.25) is 5.02 Å². The zero-order chi connectivity index (χ0) is 27.9. The summed E-state index contributed by atoms with van der Waals surface area (Å²) >= 11 is 6.37. The molecule has 0 bridgehead atoms. The van der Waals surface area contributed by atoms with Crippen LogP contribution in [0.25, 0.3) is 22.5 Å². The van der Waals surface area contributed by atoms with Crippen LogP contribution in [0, 0.1) is 6.92 Å². The molecule has 0 saturated heterocycles. The monoisotopic (exact) mass is 571 g/mol. The molecule has 0 amide bonds. The summed E-state index contributed by atoms with van der Waals surface area (Å²) in [4.78, 5) is 3.85. The second-order valence-electron chi connectivity index (χ2n) is 8.95. The minimum Gasteiger partial charge on any atom is -0.301 e. The van der Waals surface area contributed by atoms with Crippen molar-refractivity contribution >= 4 is 21.4 Å². The van der Waals surface area contributed by atoms with Crippen LogP contribution in [0.15, 0.2) is 84.0 Å². The summed E-state index contributed by atoms with van der Waals surface area (Å²) in [6, 6.07) is 18.8. The molecule has 5 aromatic rings. The fourth-order valence-corrected chi connectivity index (χ4v) is 5.12. The molecule has 0 atom stereocenters. The molecule has 12 heteroatoms. The lowest BCUT2D eigenvalue weighted by Gasteiger charge is -2.16. The van der Waals surface area contributed by atoms with Gasteiger partial charge in [0, 0.05) is 23.9 Å². The Balaban J connectivity index is 1.70. The van der Waals surface area contributed by atoms with E-state index in [1.54, 1.807) is 48.7 Å².